The molecule has 0 saturated carbocycles. The van der Waals surface area contributed by atoms with E-state index in [1.54, 1.807) is 0 Å². The van der Waals surface area contributed by atoms with Crippen LogP contribution in [0, 0.1) is 11.8 Å². The predicted octanol–water partition coefficient (Wildman–Crippen LogP) is 3.03. The van der Waals surface area contributed by atoms with E-state index in [0.717, 1.165) is 10.2 Å². The van der Waals surface area contributed by atoms with Crippen molar-refractivity contribution in [2.24, 2.45) is 17.6 Å². The molecule has 1 fully saturated rings. The van der Waals surface area contributed by atoms with Gasteiger partial charge >= 0.3 is 0 Å². The van der Waals surface area contributed by atoms with Crippen LogP contribution in [-0.2, 0) is 9.59 Å². The molecule has 1 saturated heterocycles. The van der Waals surface area contributed by atoms with Gasteiger partial charge in [-0.15, -0.1) is 12.4 Å². The molecule has 0 bridgehead atoms. The molecule has 3 N–H and O–H groups in total. The van der Waals surface area contributed by atoms with Crippen molar-refractivity contribution in [3.8, 4) is 0 Å². The fourth-order valence-electron chi connectivity index (χ4n) is 2.67. The van der Waals surface area contributed by atoms with E-state index in [-0.39, 0.29) is 42.1 Å². The molecule has 1 heterocycles. The fraction of sp³-hybridized carbons (Fsp3) is 0.529. The summed E-state index contributed by atoms with van der Waals surface area (Å²) in [6.07, 6.45) is 1.38. The van der Waals surface area contributed by atoms with Crippen molar-refractivity contribution in [2.45, 2.75) is 32.7 Å². The summed E-state index contributed by atoms with van der Waals surface area (Å²) < 4.78 is 0.867. The third-order valence-corrected chi connectivity index (χ3v) is 5.18. The van der Waals surface area contributed by atoms with Crippen LogP contribution in [0.1, 0.15) is 26.7 Å². The first-order chi connectivity index (χ1) is 10.9. The number of carbonyl (C=O) groups excluding carboxylic acids is 2. The maximum absolute atomic E-state index is 12.4. The Balaban J connectivity index is 0.00000288. The van der Waals surface area contributed by atoms with Crippen LogP contribution in [0.5, 0.6) is 0 Å². The van der Waals surface area contributed by atoms with Crippen molar-refractivity contribution in [1.82, 2.24) is 4.90 Å². The van der Waals surface area contributed by atoms with E-state index in [4.69, 9.17) is 5.73 Å². The summed E-state index contributed by atoms with van der Waals surface area (Å²) in [5.41, 5.74) is 6.58. The minimum absolute atomic E-state index is 0. The monoisotopic (exact) mass is 417 g/mol. The number of para-hydroxylation sites is 1. The molecule has 2 unspecified atom stereocenters. The Morgan fingerprint density at radius 3 is 2.38 bits per heavy atom. The van der Waals surface area contributed by atoms with Crippen LogP contribution in [0.25, 0.3) is 0 Å². The number of nitrogens with zero attached hydrogens (tertiary/aromatic N) is 1. The quantitative estimate of drug-likeness (QED) is 0.789. The Morgan fingerprint density at radius 2 is 1.83 bits per heavy atom. The van der Waals surface area contributed by atoms with Gasteiger partial charge < -0.3 is 16.0 Å². The van der Waals surface area contributed by atoms with Gasteiger partial charge in [0.05, 0.1) is 11.6 Å². The topological polar surface area (TPSA) is 75.4 Å². The molecule has 2 atom stereocenters. The Kier molecular flexibility index (Phi) is 8.19. The number of hydrogen-bond acceptors (Lipinski definition) is 3. The average molecular weight is 419 g/mol. The third-order valence-electron chi connectivity index (χ3n) is 4.49. The normalized spacial score (nSPS) is 17.6. The lowest BCUT2D eigenvalue weighted by Gasteiger charge is -2.33. The molecule has 0 spiro atoms. The van der Waals surface area contributed by atoms with E-state index in [1.165, 1.54) is 0 Å². The van der Waals surface area contributed by atoms with Crippen LogP contribution in [-0.4, -0.2) is 35.8 Å². The van der Waals surface area contributed by atoms with Crippen molar-refractivity contribution in [3.05, 3.63) is 28.7 Å². The smallest absolute Gasteiger partial charge is 0.227 e. The van der Waals surface area contributed by atoms with Crippen molar-refractivity contribution in [2.75, 3.05) is 18.4 Å². The molecular formula is C17H25BrClN3O2. The maximum Gasteiger partial charge on any atom is 0.227 e. The second-order valence-corrected chi connectivity index (χ2v) is 7.07. The second kappa shape index (κ2) is 9.39. The summed E-state index contributed by atoms with van der Waals surface area (Å²) in [4.78, 5) is 26.5. The van der Waals surface area contributed by atoms with E-state index < -0.39 is 0 Å². The summed E-state index contributed by atoms with van der Waals surface area (Å²) in [7, 11) is 0. The SMILES string of the molecule is CC(N)C(C)C(=O)N1CCC(C(=O)Nc2ccccc2Br)CC1.Cl. The first kappa shape index (κ1) is 20.9. The van der Waals surface area contributed by atoms with Crippen LogP contribution in [0.15, 0.2) is 28.7 Å². The van der Waals surface area contributed by atoms with Crippen molar-refractivity contribution < 1.29 is 9.59 Å². The van der Waals surface area contributed by atoms with Gasteiger partial charge in [-0.05, 0) is 47.8 Å². The number of hydrogen-bond donors (Lipinski definition) is 2. The zero-order valence-corrected chi connectivity index (χ0v) is 16.4. The van der Waals surface area contributed by atoms with E-state index >= 15 is 0 Å². The molecular weight excluding hydrogens is 394 g/mol. The standard InChI is InChI=1S/C17H24BrN3O2.ClH/c1-11(12(2)19)17(23)21-9-7-13(8-10-21)16(22)20-15-6-4-3-5-14(15)18;/h3-6,11-13H,7-10,19H2,1-2H3,(H,20,22);1H. The summed E-state index contributed by atoms with van der Waals surface area (Å²) in [6.45, 7) is 4.94. The van der Waals surface area contributed by atoms with Gasteiger partial charge in [-0.25, -0.2) is 0 Å². The molecule has 2 rings (SSSR count). The van der Waals surface area contributed by atoms with Crippen LogP contribution < -0.4 is 11.1 Å². The van der Waals surface area contributed by atoms with E-state index in [0.29, 0.717) is 25.9 Å². The molecule has 5 nitrogen and oxygen atoms in total. The highest BCUT2D eigenvalue weighted by molar-refractivity contribution is 9.10. The lowest BCUT2D eigenvalue weighted by molar-refractivity contribution is -0.138. The number of piperidine rings is 1. The Hall–Kier alpha value is -1.11. The average Bonchev–Trinajstić information content (AvgIpc) is 2.55. The minimum atomic E-state index is -0.180. The molecule has 0 radical (unpaired) electrons. The highest BCUT2D eigenvalue weighted by Gasteiger charge is 2.30. The highest BCUT2D eigenvalue weighted by Crippen LogP contribution is 2.25. The molecule has 0 aromatic heterocycles. The molecule has 2 amide bonds. The van der Waals surface area contributed by atoms with Gasteiger partial charge in [0.25, 0.3) is 0 Å². The van der Waals surface area contributed by atoms with Gasteiger partial charge in [-0.1, -0.05) is 19.1 Å². The summed E-state index contributed by atoms with van der Waals surface area (Å²) in [6, 6.07) is 7.40. The molecule has 1 aromatic rings. The molecule has 1 aliphatic rings. The fourth-order valence-corrected chi connectivity index (χ4v) is 3.06. The maximum atomic E-state index is 12.4. The van der Waals surface area contributed by atoms with Crippen LogP contribution in [0.3, 0.4) is 0 Å². The molecule has 134 valence electrons. The summed E-state index contributed by atoms with van der Waals surface area (Å²) >= 11 is 3.43. The Bertz CT molecular complexity index is 575. The van der Waals surface area contributed by atoms with Crippen molar-refractivity contribution >= 4 is 45.8 Å². The number of amides is 2. The number of nitrogens with two attached hydrogens (primary N) is 1. The number of nitrogens with one attached hydrogen (secondary N) is 1. The molecule has 1 aliphatic heterocycles. The summed E-state index contributed by atoms with van der Waals surface area (Å²) in [5.74, 6) is -0.133. The Labute approximate surface area is 157 Å². The zero-order valence-electron chi connectivity index (χ0n) is 14.0. The Morgan fingerprint density at radius 1 is 1.25 bits per heavy atom. The lowest BCUT2D eigenvalue weighted by atomic mass is 9.94. The third kappa shape index (κ3) is 5.19. The summed E-state index contributed by atoms with van der Waals surface area (Å²) in [5, 5.41) is 2.96. The van der Waals surface area contributed by atoms with Gasteiger partial charge in [0.1, 0.15) is 0 Å². The number of halogens is 2. The zero-order chi connectivity index (χ0) is 17.0. The molecule has 24 heavy (non-hydrogen) atoms. The highest BCUT2D eigenvalue weighted by atomic mass is 79.9. The minimum Gasteiger partial charge on any atom is -0.342 e. The number of benzene rings is 1. The van der Waals surface area contributed by atoms with Gasteiger partial charge in [-0.3, -0.25) is 9.59 Å². The van der Waals surface area contributed by atoms with E-state index in [2.05, 4.69) is 21.2 Å². The van der Waals surface area contributed by atoms with Gasteiger partial charge in [0.2, 0.25) is 11.8 Å². The van der Waals surface area contributed by atoms with Crippen LogP contribution >= 0.6 is 28.3 Å². The van der Waals surface area contributed by atoms with Crippen LogP contribution in [0.4, 0.5) is 5.69 Å². The van der Waals surface area contributed by atoms with Gasteiger partial charge in [0, 0.05) is 29.5 Å². The number of anilines is 1. The largest absolute Gasteiger partial charge is 0.342 e. The lowest BCUT2D eigenvalue weighted by Crippen LogP contribution is -2.46. The number of rotatable bonds is 4. The van der Waals surface area contributed by atoms with Gasteiger partial charge in [0.15, 0.2) is 0 Å². The number of carbonyl (C=O) groups is 2. The molecule has 7 heteroatoms. The number of likely N-dealkylation sites (tertiary alicyclic amines) is 1. The predicted molar refractivity (Wildman–Crippen MR) is 102 cm³/mol. The van der Waals surface area contributed by atoms with Gasteiger partial charge in [-0.2, -0.15) is 0 Å². The van der Waals surface area contributed by atoms with Crippen LogP contribution in [0.2, 0.25) is 0 Å². The second-order valence-electron chi connectivity index (χ2n) is 6.22. The first-order valence-corrected chi connectivity index (χ1v) is 8.79. The van der Waals surface area contributed by atoms with Crippen molar-refractivity contribution in [1.29, 1.82) is 0 Å². The molecule has 1 aromatic carbocycles. The van der Waals surface area contributed by atoms with Crippen molar-refractivity contribution in [3.63, 3.8) is 0 Å². The first-order valence-electron chi connectivity index (χ1n) is 8.00. The van der Waals surface area contributed by atoms with E-state index in [9.17, 15) is 9.59 Å². The van der Waals surface area contributed by atoms with E-state index in [1.807, 2.05) is 43.0 Å². The molecule has 0 aliphatic carbocycles.